The third-order valence-corrected chi connectivity index (χ3v) is 3.37. The van der Waals surface area contributed by atoms with Gasteiger partial charge in [0.05, 0.1) is 17.4 Å². The molecule has 0 spiro atoms. The van der Waals surface area contributed by atoms with Crippen LogP contribution in [0.3, 0.4) is 0 Å². The number of benzene rings is 1. The Labute approximate surface area is 102 Å². The van der Waals surface area contributed by atoms with Gasteiger partial charge in [-0.1, -0.05) is 6.07 Å². The maximum Gasteiger partial charge on any atom is 0.101 e. The SMILES string of the molecule is COC1CCC(Nc2cc(C)ccc2C#N)C1. The summed E-state index contributed by atoms with van der Waals surface area (Å²) >= 11 is 0. The van der Waals surface area contributed by atoms with Crippen LogP contribution in [0.25, 0.3) is 0 Å². The van der Waals surface area contributed by atoms with Gasteiger partial charge in [0.1, 0.15) is 6.07 Å². The molecule has 1 aliphatic rings. The van der Waals surface area contributed by atoms with E-state index in [1.165, 1.54) is 5.56 Å². The van der Waals surface area contributed by atoms with Crippen molar-refractivity contribution in [3.8, 4) is 6.07 Å². The number of ether oxygens (including phenoxy) is 1. The van der Waals surface area contributed by atoms with Crippen LogP contribution in [-0.2, 0) is 4.74 Å². The minimum atomic E-state index is 0.364. The van der Waals surface area contributed by atoms with Crippen LogP contribution in [0.4, 0.5) is 5.69 Å². The number of anilines is 1. The van der Waals surface area contributed by atoms with Crippen molar-refractivity contribution in [2.24, 2.45) is 0 Å². The molecule has 2 unspecified atom stereocenters. The number of methoxy groups -OCH3 is 1. The van der Waals surface area contributed by atoms with Gasteiger partial charge in [-0.3, -0.25) is 0 Å². The van der Waals surface area contributed by atoms with Gasteiger partial charge >= 0.3 is 0 Å². The van der Waals surface area contributed by atoms with E-state index in [9.17, 15) is 0 Å². The summed E-state index contributed by atoms with van der Waals surface area (Å²) in [5, 5.41) is 12.5. The van der Waals surface area contributed by atoms with Crippen molar-refractivity contribution in [3.63, 3.8) is 0 Å². The Kier molecular flexibility index (Phi) is 3.65. The van der Waals surface area contributed by atoms with E-state index in [0.29, 0.717) is 12.1 Å². The lowest BCUT2D eigenvalue weighted by Crippen LogP contribution is -2.18. The van der Waals surface area contributed by atoms with E-state index in [2.05, 4.69) is 11.4 Å². The van der Waals surface area contributed by atoms with E-state index >= 15 is 0 Å². The van der Waals surface area contributed by atoms with Crippen LogP contribution in [0.15, 0.2) is 18.2 Å². The van der Waals surface area contributed by atoms with E-state index < -0.39 is 0 Å². The summed E-state index contributed by atoms with van der Waals surface area (Å²) in [5.74, 6) is 0. The summed E-state index contributed by atoms with van der Waals surface area (Å²) < 4.78 is 5.35. The zero-order chi connectivity index (χ0) is 12.3. The molecule has 90 valence electrons. The van der Waals surface area contributed by atoms with Crippen LogP contribution in [0.5, 0.6) is 0 Å². The summed E-state index contributed by atoms with van der Waals surface area (Å²) in [7, 11) is 1.76. The lowest BCUT2D eigenvalue weighted by Gasteiger charge is -2.16. The highest BCUT2D eigenvalue weighted by atomic mass is 16.5. The Morgan fingerprint density at radius 1 is 1.41 bits per heavy atom. The molecule has 1 saturated carbocycles. The molecule has 0 radical (unpaired) electrons. The van der Waals surface area contributed by atoms with Gasteiger partial charge in [0.25, 0.3) is 0 Å². The molecular weight excluding hydrogens is 212 g/mol. The third kappa shape index (κ3) is 2.78. The quantitative estimate of drug-likeness (QED) is 0.868. The number of nitriles is 1. The molecule has 0 aliphatic heterocycles. The summed E-state index contributed by atoms with van der Waals surface area (Å²) in [6.07, 6.45) is 3.59. The standard InChI is InChI=1S/C14H18N2O/c1-10-3-4-11(9-15)14(7-10)16-12-5-6-13(8-12)17-2/h3-4,7,12-13,16H,5-6,8H2,1-2H3. The Morgan fingerprint density at radius 2 is 2.24 bits per heavy atom. The third-order valence-electron chi connectivity index (χ3n) is 3.37. The van der Waals surface area contributed by atoms with Crippen molar-refractivity contribution in [2.45, 2.75) is 38.3 Å². The van der Waals surface area contributed by atoms with Crippen molar-refractivity contribution in [3.05, 3.63) is 29.3 Å². The van der Waals surface area contributed by atoms with Gasteiger partial charge in [-0.15, -0.1) is 0 Å². The molecule has 2 rings (SSSR count). The average Bonchev–Trinajstić information content (AvgIpc) is 2.77. The summed E-state index contributed by atoms with van der Waals surface area (Å²) in [4.78, 5) is 0. The van der Waals surface area contributed by atoms with Crippen molar-refractivity contribution < 1.29 is 4.74 Å². The Hall–Kier alpha value is -1.53. The van der Waals surface area contributed by atoms with Crippen molar-refractivity contribution in [2.75, 3.05) is 12.4 Å². The first kappa shape index (κ1) is 11.9. The zero-order valence-electron chi connectivity index (χ0n) is 10.4. The Balaban J connectivity index is 2.09. The van der Waals surface area contributed by atoms with Crippen LogP contribution in [-0.4, -0.2) is 19.3 Å². The topological polar surface area (TPSA) is 45.0 Å². The molecule has 0 heterocycles. The van der Waals surface area contributed by atoms with E-state index in [4.69, 9.17) is 10.00 Å². The maximum absolute atomic E-state index is 9.07. The molecule has 1 aliphatic carbocycles. The Morgan fingerprint density at radius 3 is 2.88 bits per heavy atom. The number of nitrogens with one attached hydrogen (secondary N) is 1. The molecule has 1 fully saturated rings. The highest BCUT2D eigenvalue weighted by molar-refractivity contribution is 5.59. The zero-order valence-corrected chi connectivity index (χ0v) is 10.4. The molecule has 0 saturated heterocycles. The molecule has 1 aromatic carbocycles. The fourth-order valence-electron chi connectivity index (χ4n) is 2.38. The van der Waals surface area contributed by atoms with Crippen LogP contribution < -0.4 is 5.32 Å². The van der Waals surface area contributed by atoms with Gasteiger partial charge in [-0.05, 0) is 43.9 Å². The number of nitrogens with zero attached hydrogens (tertiary/aromatic N) is 1. The summed E-state index contributed by atoms with van der Waals surface area (Å²) in [6, 6.07) is 8.54. The van der Waals surface area contributed by atoms with E-state index in [1.54, 1.807) is 7.11 Å². The van der Waals surface area contributed by atoms with Crippen LogP contribution >= 0.6 is 0 Å². The molecule has 1 aromatic rings. The number of hydrogen-bond donors (Lipinski definition) is 1. The second-order valence-electron chi connectivity index (χ2n) is 4.67. The molecule has 0 bridgehead atoms. The monoisotopic (exact) mass is 230 g/mol. The number of rotatable bonds is 3. The first-order valence-corrected chi connectivity index (χ1v) is 6.03. The van der Waals surface area contributed by atoms with Crippen LogP contribution in [0, 0.1) is 18.3 Å². The molecule has 17 heavy (non-hydrogen) atoms. The maximum atomic E-state index is 9.07. The summed E-state index contributed by atoms with van der Waals surface area (Å²) in [6.45, 7) is 2.04. The van der Waals surface area contributed by atoms with Gasteiger partial charge in [0.15, 0.2) is 0 Å². The highest BCUT2D eigenvalue weighted by Crippen LogP contribution is 2.26. The average molecular weight is 230 g/mol. The molecule has 0 amide bonds. The predicted molar refractivity (Wildman–Crippen MR) is 68.0 cm³/mol. The lowest BCUT2D eigenvalue weighted by molar-refractivity contribution is 0.108. The minimum Gasteiger partial charge on any atom is -0.381 e. The van der Waals surface area contributed by atoms with E-state index in [1.807, 2.05) is 25.1 Å². The molecule has 2 atom stereocenters. The van der Waals surface area contributed by atoms with Gasteiger partial charge in [-0.25, -0.2) is 0 Å². The van der Waals surface area contributed by atoms with E-state index in [0.717, 1.165) is 30.5 Å². The fourth-order valence-corrected chi connectivity index (χ4v) is 2.38. The fraction of sp³-hybridized carbons (Fsp3) is 0.500. The first-order valence-electron chi connectivity index (χ1n) is 6.03. The van der Waals surface area contributed by atoms with Gasteiger partial charge < -0.3 is 10.1 Å². The molecule has 1 N–H and O–H groups in total. The van der Waals surface area contributed by atoms with Gasteiger partial charge in [0, 0.05) is 13.2 Å². The van der Waals surface area contributed by atoms with Crippen molar-refractivity contribution in [1.29, 1.82) is 5.26 Å². The minimum absolute atomic E-state index is 0.364. The van der Waals surface area contributed by atoms with Crippen molar-refractivity contribution >= 4 is 5.69 Å². The smallest absolute Gasteiger partial charge is 0.101 e. The second-order valence-corrected chi connectivity index (χ2v) is 4.67. The number of hydrogen-bond acceptors (Lipinski definition) is 3. The normalized spacial score (nSPS) is 23.4. The van der Waals surface area contributed by atoms with Crippen molar-refractivity contribution in [1.82, 2.24) is 0 Å². The second kappa shape index (κ2) is 5.20. The predicted octanol–water partition coefficient (Wildman–Crippen LogP) is 2.85. The van der Waals surface area contributed by atoms with Gasteiger partial charge in [0.2, 0.25) is 0 Å². The van der Waals surface area contributed by atoms with E-state index in [-0.39, 0.29) is 0 Å². The van der Waals surface area contributed by atoms with Gasteiger partial charge in [-0.2, -0.15) is 5.26 Å². The lowest BCUT2D eigenvalue weighted by atomic mass is 10.1. The molecular formula is C14H18N2O. The number of aryl methyl sites for hydroxylation is 1. The highest BCUT2D eigenvalue weighted by Gasteiger charge is 2.24. The van der Waals surface area contributed by atoms with Crippen LogP contribution in [0.1, 0.15) is 30.4 Å². The Bertz CT molecular complexity index is 436. The molecule has 3 nitrogen and oxygen atoms in total. The molecule has 0 aromatic heterocycles. The first-order chi connectivity index (χ1) is 8.22. The summed E-state index contributed by atoms with van der Waals surface area (Å²) in [5.41, 5.74) is 2.85. The van der Waals surface area contributed by atoms with Crippen LogP contribution in [0.2, 0.25) is 0 Å². The largest absolute Gasteiger partial charge is 0.381 e. The molecule has 3 heteroatoms.